The first-order valence-corrected chi connectivity index (χ1v) is 14.8. The first kappa shape index (κ1) is 31.8. The zero-order valence-corrected chi connectivity index (χ0v) is 25.6. The number of carbonyl (C=O) groups is 3. The fourth-order valence-corrected chi connectivity index (χ4v) is 5.12. The number of halogens is 2. The van der Waals surface area contributed by atoms with Crippen LogP contribution in [0.2, 0.25) is 0 Å². The highest BCUT2D eigenvalue weighted by molar-refractivity contribution is 6.29. The van der Waals surface area contributed by atoms with E-state index in [1.54, 1.807) is 34.1 Å². The third kappa shape index (κ3) is 8.04. The summed E-state index contributed by atoms with van der Waals surface area (Å²) in [4.78, 5) is 45.3. The molecule has 1 aliphatic rings. The zero-order chi connectivity index (χ0) is 31.1. The van der Waals surface area contributed by atoms with E-state index < -0.39 is 29.5 Å². The smallest absolute Gasteiger partial charge is 0.410 e. The molecular weight excluding hydrogens is 573 g/mol. The summed E-state index contributed by atoms with van der Waals surface area (Å²) < 4.78 is 25.4. The van der Waals surface area contributed by atoms with Gasteiger partial charge in [0.2, 0.25) is 5.91 Å². The van der Waals surface area contributed by atoms with Crippen molar-refractivity contribution in [3.63, 3.8) is 0 Å². The van der Waals surface area contributed by atoms with Crippen LogP contribution in [0.3, 0.4) is 0 Å². The predicted octanol–water partition coefficient (Wildman–Crippen LogP) is 6.79. The third-order valence-corrected chi connectivity index (χ3v) is 7.28. The number of rotatable bonds is 8. The van der Waals surface area contributed by atoms with E-state index in [2.05, 4.69) is 0 Å². The Balaban J connectivity index is 1.65. The Hall–Kier alpha value is -4.11. The summed E-state index contributed by atoms with van der Waals surface area (Å²) in [6, 6.07) is 20.1. The number of amides is 3. The topological polar surface area (TPSA) is 79.4 Å². The van der Waals surface area contributed by atoms with Crippen molar-refractivity contribution in [1.82, 2.24) is 9.80 Å². The quantitative estimate of drug-likeness (QED) is 0.263. The van der Waals surface area contributed by atoms with E-state index in [-0.39, 0.29) is 37.5 Å². The van der Waals surface area contributed by atoms with Crippen LogP contribution in [0, 0.1) is 5.82 Å². The molecule has 0 aromatic heterocycles. The van der Waals surface area contributed by atoms with Gasteiger partial charge in [0.1, 0.15) is 34.8 Å². The maximum Gasteiger partial charge on any atom is 0.410 e. The van der Waals surface area contributed by atoms with E-state index in [1.807, 2.05) is 58.0 Å². The van der Waals surface area contributed by atoms with Crippen LogP contribution in [0.5, 0.6) is 11.5 Å². The maximum absolute atomic E-state index is 14.3. The van der Waals surface area contributed by atoms with Crippen molar-refractivity contribution in [3.8, 4) is 11.5 Å². The number of para-hydroxylation sites is 1. The molecule has 228 valence electrons. The Morgan fingerprint density at radius 2 is 1.58 bits per heavy atom. The largest absolute Gasteiger partial charge is 0.457 e. The minimum atomic E-state index is -1.13. The summed E-state index contributed by atoms with van der Waals surface area (Å²) >= 11 is 6.08. The van der Waals surface area contributed by atoms with Crippen molar-refractivity contribution in [2.45, 2.75) is 51.8 Å². The van der Waals surface area contributed by atoms with Crippen LogP contribution in [-0.4, -0.2) is 64.9 Å². The van der Waals surface area contributed by atoms with Crippen molar-refractivity contribution in [1.29, 1.82) is 0 Å². The molecule has 1 aliphatic heterocycles. The lowest BCUT2D eigenvalue weighted by atomic mass is 10.0. The third-order valence-electron chi connectivity index (χ3n) is 7.05. The van der Waals surface area contributed by atoms with Crippen molar-refractivity contribution in [3.05, 3.63) is 90.2 Å². The van der Waals surface area contributed by atoms with Gasteiger partial charge in [-0.15, -0.1) is 11.6 Å². The molecule has 43 heavy (non-hydrogen) atoms. The molecule has 1 saturated heterocycles. The number of hydrogen-bond donors (Lipinski definition) is 0. The lowest BCUT2D eigenvalue weighted by Gasteiger charge is -2.43. The zero-order valence-electron chi connectivity index (χ0n) is 24.8. The standard InChI is InChI=1S/C33H37ClFN3O5/c1-5-25-22-36(19-20-37(25)32(41)43-33(2,3)4)31(40)30(23-11-13-24(35)14-12-23)38(29(39)21-34)26-15-17-28(18-16-26)42-27-9-7-6-8-10-27/h6-18,25,30H,5,19-22H2,1-4H3/t25-,30-/m0/s1. The van der Waals surface area contributed by atoms with Crippen LogP contribution in [0.1, 0.15) is 45.7 Å². The van der Waals surface area contributed by atoms with Crippen molar-refractivity contribution in [2.24, 2.45) is 0 Å². The highest BCUT2D eigenvalue weighted by atomic mass is 35.5. The minimum Gasteiger partial charge on any atom is -0.457 e. The Kier molecular flexibility index (Phi) is 10.3. The van der Waals surface area contributed by atoms with Gasteiger partial charge < -0.3 is 19.3 Å². The Morgan fingerprint density at radius 3 is 2.16 bits per heavy atom. The monoisotopic (exact) mass is 609 g/mol. The molecule has 0 spiro atoms. The van der Waals surface area contributed by atoms with Gasteiger partial charge in [-0.3, -0.25) is 14.5 Å². The van der Waals surface area contributed by atoms with Crippen LogP contribution in [-0.2, 0) is 14.3 Å². The Morgan fingerprint density at radius 1 is 0.953 bits per heavy atom. The van der Waals surface area contributed by atoms with Crippen molar-refractivity contribution in [2.75, 3.05) is 30.4 Å². The highest BCUT2D eigenvalue weighted by Gasteiger charge is 2.40. The van der Waals surface area contributed by atoms with Gasteiger partial charge in [-0.05, 0) is 81.3 Å². The molecule has 10 heteroatoms. The van der Waals surface area contributed by atoms with Gasteiger partial charge in [-0.2, -0.15) is 0 Å². The molecule has 0 radical (unpaired) electrons. The molecule has 3 aromatic rings. The van der Waals surface area contributed by atoms with Gasteiger partial charge in [-0.1, -0.05) is 37.3 Å². The van der Waals surface area contributed by atoms with Gasteiger partial charge in [0, 0.05) is 25.3 Å². The molecule has 8 nitrogen and oxygen atoms in total. The lowest BCUT2D eigenvalue weighted by molar-refractivity contribution is -0.137. The minimum absolute atomic E-state index is 0.235. The highest BCUT2D eigenvalue weighted by Crippen LogP contribution is 2.33. The van der Waals surface area contributed by atoms with Gasteiger partial charge in [0.15, 0.2) is 0 Å². The number of hydrogen-bond acceptors (Lipinski definition) is 5. The van der Waals surface area contributed by atoms with Crippen molar-refractivity contribution >= 4 is 35.2 Å². The molecule has 0 bridgehead atoms. The molecule has 0 saturated carbocycles. The summed E-state index contributed by atoms with van der Waals surface area (Å²) in [5.41, 5.74) is 0.199. The van der Waals surface area contributed by atoms with E-state index in [0.29, 0.717) is 29.2 Å². The fraction of sp³-hybridized carbons (Fsp3) is 0.364. The molecule has 0 unspecified atom stereocenters. The van der Waals surface area contributed by atoms with Crippen LogP contribution < -0.4 is 9.64 Å². The number of anilines is 1. The summed E-state index contributed by atoms with van der Waals surface area (Å²) in [7, 11) is 0. The maximum atomic E-state index is 14.3. The number of ether oxygens (including phenoxy) is 2. The van der Waals surface area contributed by atoms with E-state index in [9.17, 15) is 18.8 Å². The molecular formula is C33H37ClFN3O5. The van der Waals surface area contributed by atoms with Crippen LogP contribution in [0.25, 0.3) is 0 Å². The summed E-state index contributed by atoms with van der Waals surface area (Å²) in [6.45, 7) is 8.11. The molecule has 2 atom stereocenters. The van der Waals surface area contributed by atoms with E-state index in [4.69, 9.17) is 21.1 Å². The van der Waals surface area contributed by atoms with Crippen LogP contribution in [0.4, 0.5) is 14.9 Å². The number of nitrogens with zero attached hydrogens (tertiary/aromatic N) is 3. The van der Waals surface area contributed by atoms with Gasteiger partial charge in [0.05, 0.1) is 6.04 Å². The number of alkyl halides is 1. The molecule has 4 rings (SSSR count). The lowest BCUT2D eigenvalue weighted by Crippen LogP contribution is -2.59. The molecule has 3 aromatic carbocycles. The Bertz CT molecular complexity index is 1400. The molecule has 0 aliphatic carbocycles. The predicted molar refractivity (Wildman–Crippen MR) is 164 cm³/mol. The van der Waals surface area contributed by atoms with Crippen LogP contribution in [0.15, 0.2) is 78.9 Å². The number of benzene rings is 3. The second kappa shape index (κ2) is 13.9. The SMILES string of the molecule is CC[C@H]1CN(C(=O)[C@H](c2ccc(F)cc2)N(C(=O)CCl)c2ccc(Oc3ccccc3)cc2)CCN1C(=O)OC(C)(C)C. The van der Waals surface area contributed by atoms with E-state index >= 15 is 0 Å². The Labute approximate surface area is 256 Å². The van der Waals surface area contributed by atoms with Crippen LogP contribution >= 0.6 is 11.6 Å². The van der Waals surface area contributed by atoms with Gasteiger partial charge >= 0.3 is 6.09 Å². The van der Waals surface area contributed by atoms with Gasteiger partial charge in [-0.25, -0.2) is 9.18 Å². The fourth-order valence-electron chi connectivity index (χ4n) is 4.99. The second-order valence-corrected chi connectivity index (χ2v) is 11.5. The normalized spacial score (nSPS) is 15.9. The number of carbonyl (C=O) groups excluding carboxylic acids is 3. The summed E-state index contributed by atoms with van der Waals surface area (Å²) in [6.07, 6.45) is 0.163. The molecule has 1 heterocycles. The molecule has 3 amide bonds. The van der Waals surface area contributed by atoms with E-state index in [1.165, 1.54) is 29.2 Å². The van der Waals surface area contributed by atoms with Gasteiger partial charge in [0.25, 0.3) is 5.91 Å². The first-order valence-electron chi connectivity index (χ1n) is 14.3. The molecule has 0 N–H and O–H groups in total. The average Bonchev–Trinajstić information content (AvgIpc) is 2.99. The summed E-state index contributed by atoms with van der Waals surface area (Å²) in [5.74, 6) is -0.514. The average molecular weight is 610 g/mol. The molecule has 1 fully saturated rings. The number of piperazine rings is 1. The van der Waals surface area contributed by atoms with E-state index in [0.717, 1.165) is 0 Å². The van der Waals surface area contributed by atoms with Crippen molar-refractivity contribution < 1.29 is 28.2 Å². The second-order valence-electron chi connectivity index (χ2n) is 11.3. The summed E-state index contributed by atoms with van der Waals surface area (Å²) in [5, 5.41) is 0. The first-order chi connectivity index (χ1) is 20.5.